The van der Waals surface area contributed by atoms with Crippen LogP contribution >= 0.6 is 0 Å². The summed E-state index contributed by atoms with van der Waals surface area (Å²) in [5.41, 5.74) is 0. The fraction of sp³-hybridized carbons (Fsp3) is 1.00. The van der Waals surface area contributed by atoms with Crippen molar-refractivity contribution in [2.75, 3.05) is 40.3 Å². The topological polar surface area (TPSA) is 24.5 Å². The van der Waals surface area contributed by atoms with Crippen molar-refractivity contribution in [1.82, 2.24) is 10.2 Å². The average Bonchev–Trinajstić information content (AvgIpc) is 2.08. The molecular weight excluding hydrogens is 176 g/mol. The lowest BCUT2D eigenvalue weighted by atomic mass is 10.3. The van der Waals surface area contributed by atoms with Crippen LogP contribution in [-0.4, -0.2) is 51.3 Å². The zero-order valence-corrected chi connectivity index (χ0v) is 10.2. The Morgan fingerprint density at radius 2 is 1.79 bits per heavy atom. The first-order valence-electron chi connectivity index (χ1n) is 5.60. The highest BCUT2D eigenvalue weighted by Crippen LogP contribution is 1.89. The number of hydrogen-bond acceptors (Lipinski definition) is 3. The van der Waals surface area contributed by atoms with Crippen LogP contribution in [0.25, 0.3) is 0 Å². The second-order valence-electron chi connectivity index (χ2n) is 4.18. The van der Waals surface area contributed by atoms with E-state index in [1.165, 1.54) is 6.42 Å². The molecule has 86 valence electrons. The van der Waals surface area contributed by atoms with Crippen LogP contribution in [0.1, 0.15) is 26.7 Å². The van der Waals surface area contributed by atoms with E-state index in [9.17, 15) is 0 Å². The Morgan fingerprint density at radius 1 is 1.14 bits per heavy atom. The molecule has 0 amide bonds. The fourth-order valence-electron chi connectivity index (χ4n) is 1.16. The van der Waals surface area contributed by atoms with Crippen molar-refractivity contribution in [3.8, 4) is 0 Å². The summed E-state index contributed by atoms with van der Waals surface area (Å²) >= 11 is 0. The van der Waals surface area contributed by atoms with E-state index in [0.717, 1.165) is 32.7 Å². The molecule has 1 N–H and O–H groups in total. The summed E-state index contributed by atoms with van der Waals surface area (Å²) in [6.45, 7) is 8.36. The molecule has 14 heavy (non-hydrogen) atoms. The summed E-state index contributed by atoms with van der Waals surface area (Å²) in [7, 11) is 4.22. The maximum Gasteiger partial charge on any atom is 0.0518 e. The molecular formula is C11H26N2O. The van der Waals surface area contributed by atoms with Crippen LogP contribution in [-0.2, 0) is 4.74 Å². The summed E-state index contributed by atoms with van der Waals surface area (Å²) in [6.07, 6.45) is 2.70. The predicted octanol–water partition coefficient (Wildman–Crippen LogP) is 1.34. The smallest absolute Gasteiger partial charge is 0.0518 e. The van der Waals surface area contributed by atoms with E-state index in [2.05, 4.69) is 38.2 Å². The van der Waals surface area contributed by atoms with Gasteiger partial charge in [0.1, 0.15) is 0 Å². The molecule has 0 radical (unpaired) electrons. The van der Waals surface area contributed by atoms with Crippen LogP contribution in [0.5, 0.6) is 0 Å². The van der Waals surface area contributed by atoms with E-state index >= 15 is 0 Å². The summed E-state index contributed by atoms with van der Waals surface area (Å²) in [4.78, 5) is 2.21. The van der Waals surface area contributed by atoms with Crippen molar-refractivity contribution in [2.45, 2.75) is 32.8 Å². The third-order valence-corrected chi connectivity index (χ3v) is 1.91. The van der Waals surface area contributed by atoms with E-state index in [1.54, 1.807) is 0 Å². The highest BCUT2D eigenvalue weighted by Gasteiger charge is 1.93. The molecule has 0 atom stereocenters. The van der Waals surface area contributed by atoms with Gasteiger partial charge in [-0.2, -0.15) is 0 Å². The summed E-state index contributed by atoms with van der Waals surface area (Å²) in [5, 5.41) is 3.41. The van der Waals surface area contributed by atoms with Crippen molar-refractivity contribution in [1.29, 1.82) is 0 Å². The molecule has 0 aliphatic heterocycles. The zero-order chi connectivity index (χ0) is 10.8. The number of nitrogens with zero attached hydrogens (tertiary/aromatic N) is 1. The zero-order valence-electron chi connectivity index (χ0n) is 10.2. The molecule has 0 aromatic carbocycles. The second kappa shape index (κ2) is 9.44. The fourth-order valence-corrected chi connectivity index (χ4v) is 1.16. The molecule has 0 bridgehead atoms. The van der Waals surface area contributed by atoms with Gasteiger partial charge in [-0.3, -0.25) is 0 Å². The van der Waals surface area contributed by atoms with Gasteiger partial charge >= 0.3 is 0 Å². The van der Waals surface area contributed by atoms with Gasteiger partial charge in [0.15, 0.2) is 0 Å². The van der Waals surface area contributed by atoms with E-state index in [4.69, 9.17) is 4.74 Å². The first-order valence-corrected chi connectivity index (χ1v) is 5.60. The largest absolute Gasteiger partial charge is 0.379 e. The molecule has 0 saturated heterocycles. The Bertz CT molecular complexity index is 102. The number of rotatable bonds is 9. The van der Waals surface area contributed by atoms with Gasteiger partial charge in [0.2, 0.25) is 0 Å². The first-order chi connectivity index (χ1) is 6.63. The third kappa shape index (κ3) is 11.9. The van der Waals surface area contributed by atoms with Gasteiger partial charge in [-0.25, -0.2) is 0 Å². The molecule has 0 aliphatic rings. The minimum atomic E-state index is 0.365. The predicted molar refractivity (Wildman–Crippen MR) is 61.7 cm³/mol. The molecule has 0 spiro atoms. The minimum Gasteiger partial charge on any atom is -0.379 e. The monoisotopic (exact) mass is 202 g/mol. The van der Waals surface area contributed by atoms with Crippen molar-refractivity contribution < 1.29 is 4.74 Å². The second-order valence-corrected chi connectivity index (χ2v) is 4.18. The Morgan fingerprint density at radius 3 is 2.36 bits per heavy atom. The van der Waals surface area contributed by atoms with Crippen LogP contribution in [0.4, 0.5) is 0 Å². The minimum absolute atomic E-state index is 0.365. The van der Waals surface area contributed by atoms with Crippen molar-refractivity contribution >= 4 is 0 Å². The Balaban J connectivity index is 2.92. The molecule has 0 aromatic rings. The standard InChI is InChI=1S/C11H26N2O/c1-11(2)14-10-6-8-12-7-5-9-13(3)4/h11-12H,5-10H2,1-4H3. The maximum absolute atomic E-state index is 5.44. The maximum atomic E-state index is 5.44. The van der Waals surface area contributed by atoms with Crippen LogP contribution in [0.2, 0.25) is 0 Å². The van der Waals surface area contributed by atoms with Gasteiger partial charge in [0, 0.05) is 6.61 Å². The Kier molecular flexibility index (Phi) is 9.35. The van der Waals surface area contributed by atoms with Crippen molar-refractivity contribution in [3.63, 3.8) is 0 Å². The lowest BCUT2D eigenvalue weighted by molar-refractivity contribution is 0.0771. The lowest BCUT2D eigenvalue weighted by Crippen LogP contribution is -2.23. The highest BCUT2D eigenvalue weighted by molar-refractivity contribution is 4.51. The molecule has 0 saturated carbocycles. The van der Waals surface area contributed by atoms with Gasteiger partial charge in [0.05, 0.1) is 6.10 Å². The number of hydrogen-bond donors (Lipinski definition) is 1. The van der Waals surface area contributed by atoms with Gasteiger partial charge in [0.25, 0.3) is 0 Å². The molecule has 0 unspecified atom stereocenters. The summed E-state index contributed by atoms with van der Waals surface area (Å²) < 4.78 is 5.44. The normalized spacial score (nSPS) is 11.6. The molecule has 0 fully saturated rings. The third-order valence-electron chi connectivity index (χ3n) is 1.91. The summed E-state index contributed by atoms with van der Waals surface area (Å²) in [5.74, 6) is 0. The van der Waals surface area contributed by atoms with E-state index in [-0.39, 0.29) is 0 Å². The molecule has 3 nitrogen and oxygen atoms in total. The molecule has 0 aliphatic carbocycles. The van der Waals surface area contributed by atoms with E-state index < -0.39 is 0 Å². The van der Waals surface area contributed by atoms with Crippen LogP contribution in [0.3, 0.4) is 0 Å². The van der Waals surface area contributed by atoms with Crippen molar-refractivity contribution in [3.05, 3.63) is 0 Å². The van der Waals surface area contributed by atoms with Crippen molar-refractivity contribution in [2.24, 2.45) is 0 Å². The lowest BCUT2D eigenvalue weighted by Gasteiger charge is -2.10. The first kappa shape index (κ1) is 13.9. The summed E-state index contributed by atoms with van der Waals surface area (Å²) in [6, 6.07) is 0. The molecule has 0 rings (SSSR count). The SMILES string of the molecule is CC(C)OCCCNCCCN(C)C. The highest BCUT2D eigenvalue weighted by atomic mass is 16.5. The van der Waals surface area contributed by atoms with Gasteiger partial charge in [-0.05, 0) is 60.4 Å². The number of nitrogens with one attached hydrogen (secondary N) is 1. The van der Waals surface area contributed by atoms with Crippen LogP contribution in [0.15, 0.2) is 0 Å². The Labute approximate surface area is 88.8 Å². The van der Waals surface area contributed by atoms with Gasteiger partial charge in [-0.15, -0.1) is 0 Å². The van der Waals surface area contributed by atoms with Gasteiger partial charge in [-0.1, -0.05) is 0 Å². The van der Waals surface area contributed by atoms with Crippen LogP contribution < -0.4 is 5.32 Å². The quantitative estimate of drug-likeness (QED) is 0.571. The molecule has 0 aromatic heterocycles. The van der Waals surface area contributed by atoms with E-state index in [0.29, 0.717) is 6.10 Å². The molecule has 0 heterocycles. The molecule has 3 heteroatoms. The average molecular weight is 202 g/mol. The number of ether oxygens (including phenoxy) is 1. The van der Waals surface area contributed by atoms with Crippen LogP contribution in [0, 0.1) is 0 Å². The Hall–Kier alpha value is -0.120. The van der Waals surface area contributed by atoms with Gasteiger partial charge < -0.3 is 15.0 Å². The van der Waals surface area contributed by atoms with E-state index in [1.807, 2.05) is 0 Å².